The zero-order valence-corrected chi connectivity index (χ0v) is 16.6. The number of rotatable bonds is 8. The third-order valence-corrected chi connectivity index (χ3v) is 4.45. The average molecular weight is 449 g/mol. The normalized spacial score (nSPS) is 13.4. The number of amides is 1. The predicted octanol–water partition coefficient (Wildman–Crippen LogP) is 2.34. The van der Waals surface area contributed by atoms with Crippen LogP contribution in [0.2, 0.25) is 0 Å². The molecule has 168 valence electrons. The van der Waals surface area contributed by atoms with Crippen LogP contribution in [0.1, 0.15) is 0 Å². The molecule has 1 aliphatic heterocycles. The molecule has 0 aliphatic carbocycles. The monoisotopic (exact) mass is 449 g/mol. The van der Waals surface area contributed by atoms with E-state index >= 15 is 0 Å². The van der Waals surface area contributed by atoms with Crippen molar-refractivity contribution in [1.82, 2.24) is 4.90 Å². The lowest BCUT2D eigenvalue weighted by Crippen LogP contribution is -2.31. The Kier molecular flexibility index (Phi) is 6.64. The molecule has 0 saturated heterocycles. The second kappa shape index (κ2) is 9.39. The zero-order chi connectivity index (χ0) is 23.4. The molecule has 0 spiro atoms. The minimum absolute atomic E-state index is 0.00711. The molecule has 1 heterocycles. The highest BCUT2D eigenvalue weighted by Gasteiger charge is 2.34. The molecule has 10 nitrogen and oxygen atoms in total. The van der Waals surface area contributed by atoms with Gasteiger partial charge in [-0.3, -0.25) is 14.9 Å². The lowest BCUT2D eigenvalue weighted by molar-refractivity contribution is -0.384. The van der Waals surface area contributed by atoms with Crippen molar-refractivity contribution in [2.45, 2.75) is 0 Å². The van der Waals surface area contributed by atoms with E-state index in [0.717, 1.165) is 31.4 Å². The van der Waals surface area contributed by atoms with E-state index in [1.807, 2.05) is 0 Å². The van der Waals surface area contributed by atoms with Gasteiger partial charge in [0, 0.05) is 30.4 Å². The van der Waals surface area contributed by atoms with Gasteiger partial charge in [-0.05, 0) is 12.1 Å². The summed E-state index contributed by atoms with van der Waals surface area (Å²) >= 11 is 0. The summed E-state index contributed by atoms with van der Waals surface area (Å²) in [6, 6.07) is 5.89. The molecule has 1 aliphatic rings. The molecule has 1 amide bonds. The first-order valence-electron chi connectivity index (χ1n) is 9.14. The van der Waals surface area contributed by atoms with Crippen molar-refractivity contribution in [3.05, 3.63) is 69.4 Å². The molecule has 32 heavy (non-hydrogen) atoms. The summed E-state index contributed by atoms with van der Waals surface area (Å²) in [4.78, 5) is 36.5. The third kappa shape index (κ3) is 4.81. The van der Waals surface area contributed by atoms with Gasteiger partial charge < -0.3 is 24.8 Å². The van der Waals surface area contributed by atoms with Gasteiger partial charge in [-0.15, -0.1) is 0 Å². The van der Waals surface area contributed by atoms with E-state index in [-0.39, 0.29) is 48.2 Å². The van der Waals surface area contributed by atoms with E-state index in [1.165, 1.54) is 11.0 Å². The number of hydrogen-bond donors (Lipinski definition) is 2. The quantitative estimate of drug-likeness (QED) is 0.357. The van der Waals surface area contributed by atoms with Crippen LogP contribution < -0.4 is 10.1 Å². The number of nitro benzene ring substituents is 1. The number of non-ortho nitro benzene ring substituents is 1. The number of carbonyl (C=O) groups excluding carboxylic acids is 2. The number of nitro groups is 1. The third-order valence-electron chi connectivity index (χ3n) is 4.45. The molecule has 0 saturated carbocycles. The van der Waals surface area contributed by atoms with Gasteiger partial charge in [0.1, 0.15) is 17.3 Å². The molecule has 0 bridgehead atoms. The number of aliphatic hydroxyl groups excluding tert-OH is 1. The van der Waals surface area contributed by atoms with Crippen LogP contribution in [0.4, 0.5) is 20.2 Å². The van der Waals surface area contributed by atoms with Crippen molar-refractivity contribution in [1.29, 1.82) is 0 Å². The lowest BCUT2D eigenvalue weighted by atomic mass is 10.2. The van der Waals surface area contributed by atoms with Crippen LogP contribution in [0.15, 0.2) is 47.7 Å². The Morgan fingerprint density at radius 3 is 2.66 bits per heavy atom. The molecule has 2 N–H and O–H groups in total. The summed E-state index contributed by atoms with van der Waals surface area (Å²) in [5, 5.41) is 23.1. The van der Waals surface area contributed by atoms with Gasteiger partial charge in [0.2, 0.25) is 0 Å². The largest absolute Gasteiger partial charge is 0.466 e. The summed E-state index contributed by atoms with van der Waals surface area (Å²) in [6.07, 6.45) is 0. The van der Waals surface area contributed by atoms with Crippen LogP contribution in [0.3, 0.4) is 0 Å². The van der Waals surface area contributed by atoms with Gasteiger partial charge in [0.25, 0.3) is 11.6 Å². The van der Waals surface area contributed by atoms with Crippen LogP contribution in [0.5, 0.6) is 11.5 Å². The Balaban J connectivity index is 1.98. The van der Waals surface area contributed by atoms with Gasteiger partial charge in [-0.25, -0.2) is 13.6 Å². The van der Waals surface area contributed by atoms with Crippen LogP contribution in [-0.4, -0.2) is 53.6 Å². The zero-order valence-electron chi connectivity index (χ0n) is 16.6. The van der Waals surface area contributed by atoms with Crippen molar-refractivity contribution in [3.8, 4) is 11.5 Å². The molecule has 0 radical (unpaired) electrons. The first-order chi connectivity index (χ1) is 15.2. The second-order valence-corrected chi connectivity index (χ2v) is 6.57. The highest BCUT2D eigenvalue weighted by Crippen LogP contribution is 2.33. The van der Waals surface area contributed by atoms with E-state index in [4.69, 9.17) is 9.84 Å². The highest BCUT2D eigenvalue weighted by atomic mass is 19.1. The average Bonchev–Trinajstić information content (AvgIpc) is 3.05. The topological polar surface area (TPSA) is 131 Å². The fraction of sp³-hybridized carbons (Fsp3) is 0.200. The van der Waals surface area contributed by atoms with Crippen molar-refractivity contribution in [2.75, 3.05) is 32.1 Å². The van der Waals surface area contributed by atoms with Crippen molar-refractivity contribution in [2.24, 2.45) is 0 Å². The van der Waals surface area contributed by atoms with Gasteiger partial charge in [-0.1, -0.05) is 0 Å². The van der Waals surface area contributed by atoms with Crippen molar-refractivity contribution >= 4 is 23.3 Å². The molecule has 2 aromatic rings. The Morgan fingerprint density at radius 2 is 2.03 bits per heavy atom. The fourth-order valence-corrected chi connectivity index (χ4v) is 3.00. The van der Waals surface area contributed by atoms with E-state index in [9.17, 15) is 28.5 Å². The van der Waals surface area contributed by atoms with Crippen molar-refractivity contribution < 1.29 is 37.9 Å². The number of carbonyl (C=O) groups is 2. The number of halogens is 2. The number of methoxy groups -OCH3 is 1. The number of esters is 1. The van der Waals surface area contributed by atoms with Gasteiger partial charge >= 0.3 is 5.97 Å². The highest BCUT2D eigenvalue weighted by molar-refractivity contribution is 6.08. The van der Waals surface area contributed by atoms with Gasteiger partial charge in [0.05, 0.1) is 36.8 Å². The SMILES string of the molecule is COC(=O)C1=C(Nc2cc(Oc3ccc(F)cc3F)cc([N+](=O)[O-])c2)C(=O)N(CCO)C1. The molecule has 0 atom stereocenters. The fourth-order valence-electron chi connectivity index (χ4n) is 3.00. The first-order valence-corrected chi connectivity index (χ1v) is 9.14. The molecule has 0 unspecified atom stereocenters. The lowest BCUT2D eigenvalue weighted by Gasteiger charge is -2.15. The van der Waals surface area contributed by atoms with Crippen LogP contribution in [0, 0.1) is 21.7 Å². The summed E-state index contributed by atoms with van der Waals surface area (Å²) in [5.74, 6) is -3.82. The molecule has 2 aromatic carbocycles. The summed E-state index contributed by atoms with van der Waals surface area (Å²) < 4.78 is 37.0. The summed E-state index contributed by atoms with van der Waals surface area (Å²) in [7, 11) is 1.13. The Hall–Kier alpha value is -4.06. The number of nitrogens with zero attached hydrogens (tertiary/aromatic N) is 2. The number of nitrogens with one attached hydrogen (secondary N) is 1. The molecule has 12 heteroatoms. The maximum Gasteiger partial charge on any atom is 0.337 e. The van der Waals surface area contributed by atoms with E-state index in [0.29, 0.717) is 6.07 Å². The van der Waals surface area contributed by atoms with E-state index < -0.39 is 34.1 Å². The van der Waals surface area contributed by atoms with Crippen LogP contribution >= 0.6 is 0 Å². The predicted molar refractivity (Wildman–Crippen MR) is 106 cm³/mol. The Labute approximate surface area is 179 Å². The molecule has 0 aromatic heterocycles. The van der Waals surface area contributed by atoms with Gasteiger partial charge in [-0.2, -0.15) is 0 Å². The number of benzene rings is 2. The number of anilines is 1. The molecular weight excluding hydrogens is 432 g/mol. The number of hydrogen-bond acceptors (Lipinski definition) is 8. The Morgan fingerprint density at radius 1 is 1.28 bits per heavy atom. The van der Waals surface area contributed by atoms with Gasteiger partial charge in [0.15, 0.2) is 11.6 Å². The number of β-amino-alcohol motifs (C(OH)–C–C–N with tert-alkyl or cyclic N) is 1. The minimum atomic E-state index is -1.02. The summed E-state index contributed by atoms with van der Waals surface area (Å²) in [5.41, 5.74) is -0.688. The summed E-state index contributed by atoms with van der Waals surface area (Å²) in [6.45, 7) is -0.517. The Bertz CT molecular complexity index is 1120. The second-order valence-electron chi connectivity index (χ2n) is 6.57. The smallest absolute Gasteiger partial charge is 0.337 e. The standard InChI is InChI=1S/C20H17F2N3O7/c1-31-20(28)15-10-24(4-5-26)19(27)18(15)23-12-7-13(25(29)30)9-14(8-12)32-17-3-2-11(21)6-16(17)22/h2-3,6-9,23,26H,4-5,10H2,1H3. The molecule has 0 fully saturated rings. The maximum atomic E-state index is 13.9. The maximum absolute atomic E-state index is 13.9. The first kappa shape index (κ1) is 22.6. The minimum Gasteiger partial charge on any atom is -0.466 e. The van der Waals surface area contributed by atoms with E-state index in [1.54, 1.807) is 0 Å². The number of ether oxygens (including phenoxy) is 2. The molecule has 3 rings (SSSR count). The van der Waals surface area contributed by atoms with Crippen LogP contribution in [-0.2, 0) is 14.3 Å². The molecular formula is C20H17F2N3O7. The van der Waals surface area contributed by atoms with Crippen molar-refractivity contribution in [3.63, 3.8) is 0 Å². The van der Waals surface area contributed by atoms with E-state index in [2.05, 4.69) is 10.1 Å². The van der Waals surface area contributed by atoms with Crippen LogP contribution in [0.25, 0.3) is 0 Å². The number of aliphatic hydroxyl groups is 1.